The molecule has 2 fully saturated rings. The maximum Gasteiger partial charge on any atom is 0.185 e. The van der Waals surface area contributed by atoms with Crippen molar-refractivity contribution in [2.45, 2.75) is 135 Å². The third kappa shape index (κ3) is 12.6. The molecule has 3 aliphatic heterocycles. The van der Waals surface area contributed by atoms with Gasteiger partial charge in [0.25, 0.3) is 0 Å². The molecule has 3 radical (unpaired) electrons. The number of methoxy groups -OCH3 is 1. The Balaban J connectivity index is 0. The van der Waals surface area contributed by atoms with Gasteiger partial charge in [0.1, 0.15) is 17.8 Å². The topological polar surface area (TPSA) is 116 Å². The number of carbonyl (C=O) groups is 1. The van der Waals surface area contributed by atoms with Crippen molar-refractivity contribution < 1.29 is 142 Å². The van der Waals surface area contributed by atoms with Crippen LogP contribution in [0.25, 0.3) is 0 Å². The van der Waals surface area contributed by atoms with Gasteiger partial charge < -0.3 is 51.0 Å². The molecule has 10 nitrogen and oxygen atoms in total. The number of hydrogen-bond acceptors (Lipinski definition) is 10. The van der Waals surface area contributed by atoms with Gasteiger partial charge in [-0.1, -0.05) is 51.7 Å². The molecule has 0 aromatic rings. The summed E-state index contributed by atoms with van der Waals surface area (Å²) in [5, 5.41) is 23.9. The van der Waals surface area contributed by atoms with E-state index in [1.165, 1.54) is 0 Å². The number of aliphatic hydroxyl groups is 2. The molecule has 0 aromatic carbocycles. The number of carbonyl (C=O) groups excluding carboxylic acids is 1. The van der Waals surface area contributed by atoms with Crippen LogP contribution in [0, 0.1) is 38.0 Å². The van der Waals surface area contributed by atoms with Crippen molar-refractivity contribution in [3.63, 3.8) is 0 Å². The van der Waals surface area contributed by atoms with Crippen LogP contribution >= 0.6 is 0 Å². The second-order valence-electron chi connectivity index (χ2n) is 14.3. The second kappa shape index (κ2) is 23.7. The summed E-state index contributed by atoms with van der Waals surface area (Å²) in [6.45, 7) is 19.7. The van der Waals surface area contributed by atoms with E-state index in [0.717, 1.165) is 12.0 Å². The number of fused-ring (bicyclic) bond motifs is 5. The Labute approximate surface area is 379 Å². The molecule has 3 aliphatic rings. The van der Waals surface area contributed by atoms with E-state index in [1.807, 2.05) is 66.9 Å². The SMILES string of the molecule is [CH2-]C=C1[C@H](C)C[C@@]2(C)OC/C=C\CO[C@H]([C@H]1C)[C@](C)(O)[C@@H](CC)OC(=O)[C-](C)[C@@H](O)[C@H](C)[C@H]2O[C@@H]1O[C@H](C)C[C@H](N(C)C)[C@H]1OC.[CH3-].[Y].[Y].[Y]. The molecule has 0 amide bonds. The van der Waals surface area contributed by atoms with Crippen molar-refractivity contribution in [3.05, 3.63) is 44.1 Å². The Bertz CT molecular complexity index is 1060. The van der Waals surface area contributed by atoms with Gasteiger partial charge in [0.15, 0.2) is 12.3 Å². The average molecular weight is 934 g/mol. The van der Waals surface area contributed by atoms with Crippen LogP contribution in [0.3, 0.4) is 0 Å². The zero-order chi connectivity index (χ0) is 34.6. The minimum atomic E-state index is -1.55. The Morgan fingerprint density at radius 3 is 2.26 bits per heavy atom. The summed E-state index contributed by atoms with van der Waals surface area (Å²) in [7, 11) is 5.68. The molecule has 3 heterocycles. The standard InChI is InChI=1S/C36H61NO9.CH3.3Y/c1-13-26-21(3)20-35(8)31(46-34-30(41-12)27(37(10)11)19-22(4)44-34)24(6)29(38)25(7)33(39)45-28(14-2)36(9,40)32(23(26)5)42-17-15-16-18-43-35;;;;/h13,15-16,21-24,27-32,34,38,40H,1,14,17-20H2,2-12H3;1H3;;;/q-2;-1;;;/b16-15-,26-13?;;;;/t21-,22-,23+,24+,27+,28-,29+,30-,31-,32-,34+,35-,36-;;;;/m1..../s1. The van der Waals surface area contributed by atoms with Gasteiger partial charge in [0, 0.05) is 111 Å². The van der Waals surface area contributed by atoms with E-state index in [1.54, 1.807) is 21.0 Å². The molecule has 283 valence electrons. The molecule has 13 heteroatoms. The summed E-state index contributed by atoms with van der Waals surface area (Å²) >= 11 is 0. The summed E-state index contributed by atoms with van der Waals surface area (Å²) in [6.07, 6.45) is 2.32. The van der Waals surface area contributed by atoms with Gasteiger partial charge >= 0.3 is 0 Å². The van der Waals surface area contributed by atoms with E-state index in [4.69, 9.17) is 28.4 Å². The first-order chi connectivity index (χ1) is 21.5. The monoisotopic (exact) mass is 933 g/mol. The van der Waals surface area contributed by atoms with Gasteiger partial charge in [-0.3, -0.25) is 4.79 Å². The minimum Gasteiger partial charge on any atom is -0.482 e. The zero-order valence-corrected chi connectivity index (χ0v) is 41.3. The summed E-state index contributed by atoms with van der Waals surface area (Å²) in [4.78, 5) is 15.8. The fraction of sp³-hybridized carbons (Fsp3) is 0.784. The molecule has 2 bridgehead atoms. The number of esters is 1. The summed E-state index contributed by atoms with van der Waals surface area (Å²) in [5.41, 5.74) is -1.55. The molecular formula is C37H64NO9Y3-3. The first-order valence-electron chi connectivity index (χ1n) is 16.9. The summed E-state index contributed by atoms with van der Waals surface area (Å²) < 4.78 is 38.4. The molecule has 0 aromatic heterocycles. The van der Waals surface area contributed by atoms with Crippen LogP contribution in [0.5, 0.6) is 0 Å². The van der Waals surface area contributed by atoms with Crippen molar-refractivity contribution in [1.82, 2.24) is 4.90 Å². The predicted molar refractivity (Wildman–Crippen MR) is 183 cm³/mol. The van der Waals surface area contributed by atoms with Crippen LogP contribution in [0.4, 0.5) is 0 Å². The third-order valence-corrected chi connectivity index (χ3v) is 10.5. The maximum atomic E-state index is 13.6. The van der Waals surface area contributed by atoms with Crippen LogP contribution in [-0.4, -0.2) is 116 Å². The van der Waals surface area contributed by atoms with Gasteiger partial charge in [-0.2, -0.15) is 6.92 Å². The van der Waals surface area contributed by atoms with E-state index >= 15 is 0 Å². The fourth-order valence-corrected chi connectivity index (χ4v) is 7.92. The number of nitrogens with zero attached hydrogens (tertiary/aromatic N) is 1. The molecule has 3 rings (SSSR count). The van der Waals surface area contributed by atoms with Crippen molar-refractivity contribution in [2.75, 3.05) is 34.4 Å². The Morgan fingerprint density at radius 2 is 1.72 bits per heavy atom. The van der Waals surface area contributed by atoms with Crippen molar-refractivity contribution in [2.24, 2.45) is 17.8 Å². The number of rotatable bonds is 5. The van der Waals surface area contributed by atoms with Gasteiger partial charge in [-0.15, -0.1) is 0 Å². The fourth-order valence-electron chi connectivity index (χ4n) is 7.92. The third-order valence-electron chi connectivity index (χ3n) is 10.5. The number of ether oxygens (including phenoxy) is 6. The molecule has 13 atom stereocenters. The van der Waals surface area contributed by atoms with Crippen LogP contribution in [0.2, 0.25) is 0 Å². The summed E-state index contributed by atoms with van der Waals surface area (Å²) in [5.74, 6) is -1.58. The zero-order valence-electron chi connectivity index (χ0n) is 32.8. The van der Waals surface area contributed by atoms with E-state index in [-0.39, 0.29) is 149 Å². The molecule has 0 unspecified atom stereocenters. The maximum absolute atomic E-state index is 13.6. The summed E-state index contributed by atoms with van der Waals surface area (Å²) in [6, 6.07) is 0.0323. The second-order valence-corrected chi connectivity index (χ2v) is 14.3. The number of likely N-dealkylation sites (N-methyl/N-ethyl adjacent to an activating group) is 1. The number of allylic oxidation sites excluding steroid dienone is 1. The van der Waals surface area contributed by atoms with E-state index in [0.29, 0.717) is 12.8 Å². The predicted octanol–water partition coefficient (Wildman–Crippen LogP) is 4.73. The Kier molecular flexibility index (Phi) is 25.5. The molecular weight excluding hydrogens is 869 g/mol. The smallest absolute Gasteiger partial charge is 0.185 e. The number of hydrogen-bond donors (Lipinski definition) is 2. The number of cyclic esters (lactones) is 1. The van der Waals surface area contributed by atoms with E-state index in [2.05, 4.69) is 18.7 Å². The van der Waals surface area contributed by atoms with Crippen LogP contribution in [-0.2, 0) is 131 Å². The van der Waals surface area contributed by atoms with Crippen molar-refractivity contribution in [3.8, 4) is 0 Å². The van der Waals surface area contributed by atoms with Crippen LogP contribution < -0.4 is 0 Å². The van der Waals surface area contributed by atoms with E-state index < -0.39 is 59.9 Å². The molecule has 0 aliphatic carbocycles. The molecule has 0 spiro atoms. The molecule has 50 heavy (non-hydrogen) atoms. The quantitative estimate of drug-likeness (QED) is 0.228. The van der Waals surface area contributed by atoms with Gasteiger partial charge in [0.2, 0.25) is 0 Å². The molecule has 2 saturated heterocycles. The largest absolute Gasteiger partial charge is 0.482 e. The number of aliphatic hydroxyl groups excluding tert-OH is 1. The van der Waals surface area contributed by atoms with Gasteiger partial charge in [-0.05, 0) is 66.2 Å². The normalized spacial score (nSPS) is 41.7. The van der Waals surface area contributed by atoms with Crippen molar-refractivity contribution in [1.29, 1.82) is 0 Å². The van der Waals surface area contributed by atoms with E-state index in [9.17, 15) is 15.0 Å². The first kappa shape index (κ1) is 53.8. The average Bonchev–Trinajstić information content (AvgIpc) is 2.99. The molecule has 2 N–H and O–H groups in total. The van der Waals surface area contributed by atoms with Gasteiger partial charge in [-0.25, -0.2) is 24.5 Å². The van der Waals surface area contributed by atoms with Crippen LogP contribution in [0.1, 0.15) is 74.7 Å². The first-order valence-corrected chi connectivity index (χ1v) is 16.9. The van der Waals surface area contributed by atoms with Crippen molar-refractivity contribution >= 4 is 5.97 Å². The minimum absolute atomic E-state index is 0. The van der Waals surface area contributed by atoms with Gasteiger partial charge in [0.05, 0.1) is 37.1 Å². The Morgan fingerprint density at radius 1 is 1.12 bits per heavy atom. The Hall–Kier alpha value is 1.68. The molecule has 0 saturated carbocycles. The van der Waals surface area contributed by atoms with Crippen LogP contribution in [0.15, 0.2) is 23.8 Å².